The van der Waals surface area contributed by atoms with E-state index in [0.717, 1.165) is 0 Å². The molecular formula is C8H7F11O. The topological polar surface area (TPSA) is 9.23 Å². The SMILES string of the molecule is CC(C)OC(F)(F)C(C(F)(F)F)(C(F)(F)F)C(F)(F)F. The second-order valence-electron chi connectivity index (χ2n) is 3.93. The highest BCUT2D eigenvalue weighted by atomic mass is 19.4. The van der Waals surface area contributed by atoms with Crippen LogP contribution < -0.4 is 0 Å². The van der Waals surface area contributed by atoms with Crippen LogP contribution in [0, 0.1) is 5.41 Å². The van der Waals surface area contributed by atoms with Crippen LogP contribution >= 0.6 is 0 Å². The minimum absolute atomic E-state index is 0.557. The van der Waals surface area contributed by atoms with Gasteiger partial charge in [0.15, 0.2) is 0 Å². The third-order valence-electron chi connectivity index (χ3n) is 2.10. The van der Waals surface area contributed by atoms with E-state index < -0.39 is 36.2 Å². The van der Waals surface area contributed by atoms with Crippen LogP contribution in [0.2, 0.25) is 0 Å². The fraction of sp³-hybridized carbons (Fsp3) is 1.00. The number of ether oxygens (including phenoxy) is 1. The molecule has 12 heteroatoms. The predicted octanol–water partition coefficient (Wildman–Crippen LogP) is 4.68. The van der Waals surface area contributed by atoms with E-state index in [-0.39, 0.29) is 0 Å². The minimum atomic E-state index is -7.37. The molecule has 0 fully saturated rings. The van der Waals surface area contributed by atoms with Crippen LogP contribution in [-0.2, 0) is 4.74 Å². The Bertz CT molecular complexity index is 298. The van der Waals surface area contributed by atoms with E-state index in [1.807, 2.05) is 0 Å². The van der Waals surface area contributed by atoms with E-state index in [1.54, 1.807) is 0 Å². The van der Waals surface area contributed by atoms with E-state index in [2.05, 4.69) is 4.74 Å². The van der Waals surface area contributed by atoms with Crippen molar-refractivity contribution in [3.63, 3.8) is 0 Å². The summed E-state index contributed by atoms with van der Waals surface area (Å²) in [5.74, 6) is 0. The summed E-state index contributed by atoms with van der Waals surface area (Å²) in [7, 11) is 0. The Morgan fingerprint density at radius 3 is 1.00 bits per heavy atom. The van der Waals surface area contributed by atoms with Crippen LogP contribution in [0.3, 0.4) is 0 Å². The molecule has 0 unspecified atom stereocenters. The van der Waals surface area contributed by atoms with Gasteiger partial charge in [0.1, 0.15) is 0 Å². The quantitative estimate of drug-likeness (QED) is 0.684. The predicted molar refractivity (Wildman–Crippen MR) is 41.8 cm³/mol. The summed E-state index contributed by atoms with van der Waals surface area (Å²) in [6.45, 7) is 1.11. The van der Waals surface area contributed by atoms with Crippen molar-refractivity contribution in [3.8, 4) is 0 Å². The Balaban J connectivity index is 6.48. The monoisotopic (exact) mass is 328 g/mol. The van der Waals surface area contributed by atoms with Gasteiger partial charge in [-0.2, -0.15) is 48.3 Å². The fourth-order valence-corrected chi connectivity index (χ4v) is 1.36. The van der Waals surface area contributed by atoms with Crippen LogP contribution in [0.4, 0.5) is 48.3 Å². The molecular weight excluding hydrogens is 321 g/mol. The molecule has 0 saturated carbocycles. The summed E-state index contributed by atoms with van der Waals surface area (Å²) in [4.78, 5) is 0. The smallest absolute Gasteiger partial charge is 0.316 e. The van der Waals surface area contributed by atoms with Gasteiger partial charge in [0, 0.05) is 0 Å². The lowest BCUT2D eigenvalue weighted by Crippen LogP contribution is -2.69. The average molecular weight is 328 g/mol. The zero-order valence-electron chi connectivity index (χ0n) is 9.64. The van der Waals surface area contributed by atoms with E-state index in [1.165, 1.54) is 0 Å². The molecule has 0 radical (unpaired) electrons. The van der Waals surface area contributed by atoms with Crippen molar-refractivity contribution in [2.24, 2.45) is 5.41 Å². The highest BCUT2D eigenvalue weighted by molar-refractivity contribution is 5.05. The van der Waals surface area contributed by atoms with Crippen molar-refractivity contribution < 1.29 is 53.0 Å². The number of hydrogen-bond donors (Lipinski definition) is 0. The second kappa shape index (κ2) is 4.88. The van der Waals surface area contributed by atoms with E-state index in [9.17, 15) is 48.3 Å². The van der Waals surface area contributed by atoms with Crippen LogP contribution in [0.15, 0.2) is 0 Å². The average Bonchev–Trinajstić information content (AvgIpc) is 1.87. The standard InChI is InChI=1S/C8H7F11O/c1-3(2)20-8(18,19)4(5(9,10)11,6(12,13)14)7(15,16)17/h3H,1-2H3. The lowest BCUT2D eigenvalue weighted by atomic mass is 9.83. The largest absolute Gasteiger partial charge is 0.420 e. The molecule has 20 heavy (non-hydrogen) atoms. The third kappa shape index (κ3) is 2.79. The van der Waals surface area contributed by atoms with Gasteiger partial charge in [-0.1, -0.05) is 0 Å². The van der Waals surface area contributed by atoms with Crippen molar-refractivity contribution in [1.29, 1.82) is 0 Å². The lowest BCUT2D eigenvalue weighted by molar-refractivity contribution is -0.518. The molecule has 0 rings (SSSR count). The number of halogens is 11. The number of alkyl halides is 11. The van der Waals surface area contributed by atoms with E-state index >= 15 is 0 Å². The van der Waals surface area contributed by atoms with Crippen molar-refractivity contribution in [1.82, 2.24) is 0 Å². The zero-order valence-corrected chi connectivity index (χ0v) is 9.64. The normalized spacial score (nSPS) is 15.9. The molecule has 0 aliphatic rings. The first-order valence-corrected chi connectivity index (χ1v) is 4.67. The molecule has 0 aromatic rings. The molecule has 0 bridgehead atoms. The maximum absolute atomic E-state index is 13.1. The van der Waals surface area contributed by atoms with Crippen molar-refractivity contribution in [2.45, 2.75) is 44.6 Å². The van der Waals surface area contributed by atoms with Crippen molar-refractivity contribution in [3.05, 3.63) is 0 Å². The van der Waals surface area contributed by atoms with Gasteiger partial charge in [0.05, 0.1) is 6.10 Å². The first-order valence-electron chi connectivity index (χ1n) is 4.67. The molecule has 0 aromatic heterocycles. The summed E-state index contributed by atoms with van der Waals surface area (Å²) >= 11 is 0. The number of hydrogen-bond acceptors (Lipinski definition) is 1. The Hall–Kier alpha value is -0.810. The molecule has 0 N–H and O–H groups in total. The van der Waals surface area contributed by atoms with Gasteiger partial charge >= 0.3 is 30.1 Å². The van der Waals surface area contributed by atoms with Crippen LogP contribution in [0.25, 0.3) is 0 Å². The van der Waals surface area contributed by atoms with Gasteiger partial charge < -0.3 is 4.74 Å². The highest BCUT2D eigenvalue weighted by Crippen LogP contribution is 2.66. The van der Waals surface area contributed by atoms with Gasteiger partial charge in [0.2, 0.25) is 0 Å². The summed E-state index contributed by atoms with van der Waals surface area (Å²) in [6, 6.07) is 0. The Kier molecular flexibility index (Phi) is 4.68. The first kappa shape index (κ1) is 19.2. The van der Waals surface area contributed by atoms with Crippen LogP contribution in [0.5, 0.6) is 0 Å². The second-order valence-corrected chi connectivity index (χ2v) is 3.93. The van der Waals surface area contributed by atoms with Crippen molar-refractivity contribution in [2.75, 3.05) is 0 Å². The molecule has 0 aliphatic carbocycles. The van der Waals surface area contributed by atoms with Crippen molar-refractivity contribution >= 4 is 0 Å². The fourth-order valence-electron chi connectivity index (χ4n) is 1.36. The molecule has 0 heterocycles. The first-order chi connectivity index (χ1) is 8.42. The Morgan fingerprint density at radius 1 is 0.600 bits per heavy atom. The molecule has 0 aliphatic heterocycles. The highest BCUT2D eigenvalue weighted by Gasteiger charge is 2.94. The summed E-state index contributed by atoms with van der Waals surface area (Å²) in [6.07, 6.45) is -30.7. The summed E-state index contributed by atoms with van der Waals surface area (Å²) in [5, 5.41) is 0. The van der Waals surface area contributed by atoms with Crippen LogP contribution in [0.1, 0.15) is 13.8 Å². The number of rotatable bonds is 3. The molecule has 1 nitrogen and oxygen atoms in total. The molecule has 0 atom stereocenters. The van der Waals surface area contributed by atoms with Gasteiger partial charge in [-0.3, -0.25) is 0 Å². The van der Waals surface area contributed by atoms with E-state index in [4.69, 9.17) is 0 Å². The summed E-state index contributed by atoms with van der Waals surface area (Å²) in [5.41, 5.74) is -7.32. The van der Waals surface area contributed by atoms with Gasteiger partial charge in [-0.15, -0.1) is 0 Å². The maximum Gasteiger partial charge on any atom is 0.420 e. The third-order valence-corrected chi connectivity index (χ3v) is 2.10. The van der Waals surface area contributed by atoms with Crippen LogP contribution in [-0.4, -0.2) is 30.7 Å². The summed E-state index contributed by atoms with van der Waals surface area (Å²) < 4.78 is 140. The maximum atomic E-state index is 13.1. The minimum Gasteiger partial charge on any atom is -0.316 e. The Morgan fingerprint density at radius 2 is 0.850 bits per heavy atom. The zero-order chi connectivity index (χ0) is 16.8. The lowest BCUT2D eigenvalue weighted by Gasteiger charge is -2.42. The molecule has 0 spiro atoms. The Labute approximate surface area is 104 Å². The molecule has 0 saturated heterocycles. The van der Waals surface area contributed by atoms with E-state index in [0.29, 0.717) is 13.8 Å². The van der Waals surface area contributed by atoms with Gasteiger partial charge in [-0.05, 0) is 13.8 Å². The molecule has 0 amide bonds. The van der Waals surface area contributed by atoms with Gasteiger partial charge in [-0.25, -0.2) is 0 Å². The van der Waals surface area contributed by atoms with Gasteiger partial charge in [0.25, 0.3) is 0 Å². The molecule has 122 valence electrons. The molecule has 0 aromatic carbocycles.